The van der Waals surface area contributed by atoms with Crippen molar-refractivity contribution in [2.24, 2.45) is 11.8 Å². The number of aliphatic hydroxyl groups is 5. The summed E-state index contributed by atoms with van der Waals surface area (Å²) in [5.74, 6) is 6.34. The van der Waals surface area contributed by atoms with E-state index in [-0.39, 0.29) is 29.9 Å². The van der Waals surface area contributed by atoms with E-state index in [0.29, 0.717) is 50.8 Å². The maximum absolute atomic E-state index is 11.1. The molecular formula is C36H48N3O7-. The molecule has 0 bridgehead atoms. The zero-order chi connectivity index (χ0) is 32.9. The minimum atomic E-state index is -1.23. The number of hydrogen-bond acceptors (Lipinski definition) is 9. The summed E-state index contributed by atoms with van der Waals surface area (Å²) in [7, 11) is 0. The van der Waals surface area contributed by atoms with Crippen LogP contribution in [0.15, 0.2) is 54.9 Å². The molecule has 0 aliphatic heterocycles. The van der Waals surface area contributed by atoms with Crippen molar-refractivity contribution in [1.29, 1.82) is 0 Å². The monoisotopic (exact) mass is 634 g/mol. The van der Waals surface area contributed by atoms with E-state index in [0.717, 1.165) is 36.1 Å². The third-order valence-electron chi connectivity index (χ3n) is 8.92. The number of nitrogens with zero attached hydrogens (tertiary/aromatic N) is 2. The predicted molar refractivity (Wildman–Crippen MR) is 175 cm³/mol. The van der Waals surface area contributed by atoms with E-state index >= 15 is 0 Å². The number of phenols is 1. The highest BCUT2D eigenvalue weighted by atomic mass is 16.5. The largest absolute Gasteiger partial charge is 0.668 e. The van der Waals surface area contributed by atoms with Crippen LogP contribution >= 0.6 is 0 Å². The summed E-state index contributed by atoms with van der Waals surface area (Å²) in [6.45, 7) is -0.441. The number of aryl methyl sites for hydroxylation is 1. The lowest BCUT2D eigenvalue weighted by molar-refractivity contribution is -0.00843. The van der Waals surface area contributed by atoms with Crippen LogP contribution in [-0.2, 0) is 12.8 Å². The molecule has 46 heavy (non-hydrogen) atoms. The summed E-state index contributed by atoms with van der Waals surface area (Å²) in [4.78, 5) is 8.49. The fraction of sp³-hybridized carbons (Fsp3) is 0.528. The molecule has 7 unspecified atom stereocenters. The summed E-state index contributed by atoms with van der Waals surface area (Å²) in [5.41, 5.74) is 8.51. The topological polar surface area (TPSA) is 184 Å². The van der Waals surface area contributed by atoms with Gasteiger partial charge in [-0.2, -0.15) is 11.9 Å². The molecule has 0 amide bonds. The van der Waals surface area contributed by atoms with Crippen LogP contribution in [0.5, 0.6) is 11.5 Å². The summed E-state index contributed by atoms with van der Waals surface area (Å²) in [5, 5.41) is 62.7. The fourth-order valence-corrected chi connectivity index (χ4v) is 6.20. The average Bonchev–Trinajstić information content (AvgIpc) is 3.57. The molecule has 8 N–H and O–H groups in total. The second-order valence-corrected chi connectivity index (χ2v) is 12.3. The van der Waals surface area contributed by atoms with Crippen LogP contribution in [0.3, 0.4) is 0 Å². The van der Waals surface area contributed by atoms with Gasteiger partial charge in [0.25, 0.3) is 0 Å². The Bertz CT molecular complexity index is 1390. The molecule has 250 valence electrons. The number of ether oxygens (including phenoxy) is 1. The van der Waals surface area contributed by atoms with Gasteiger partial charge in [-0.25, -0.2) is 4.98 Å². The molecule has 10 nitrogen and oxygen atoms in total. The third kappa shape index (κ3) is 10.5. The Morgan fingerprint density at radius 1 is 1.09 bits per heavy atom. The molecule has 0 radical (unpaired) electrons. The van der Waals surface area contributed by atoms with Gasteiger partial charge in [0.2, 0.25) is 0 Å². The van der Waals surface area contributed by atoms with Crippen LogP contribution in [0.2, 0.25) is 0 Å². The Balaban J connectivity index is 1.46. The number of phenolic OH excluding ortho intramolecular Hbond substituents is 1. The number of anilines is 1. The van der Waals surface area contributed by atoms with E-state index in [4.69, 9.17) is 10.5 Å². The number of aliphatic hydroxyl groups excluding tert-OH is 5. The third-order valence-corrected chi connectivity index (χ3v) is 8.92. The number of aromatic hydroxyl groups is 1. The lowest BCUT2D eigenvalue weighted by Crippen LogP contribution is -2.36. The molecule has 0 saturated heterocycles. The Morgan fingerprint density at radius 3 is 2.65 bits per heavy atom. The molecule has 7 atom stereocenters. The summed E-state index contributed by atoms with van der Waals surface area (Å²) in [6.07, 6.45) is 5.70. The van der Waals surface area contributed by atoms with Gasteiger partial charge in [0, 0.05) is 31.1 Å². The van der Waals surface area contributed by atoms with Crippen LogP contribution < -0.4 is 15.5 Å². The van der Waals surface area contributed by atoms with E-state index in [2.05, 4.69) is 21.8 Å². The predicted octanol–water partition coefficient (Wildman–Crippen LogP) is 3.08. The van der Waals surface area contributed by atoms with E-state index < -0.39 is 36.9 Å². The van der Waals surface area contributed by atoms with Crippen LogP contribution in [-0.4, -0.2) is 73.3 Å². The fourth-order valence-electron chi connectivity index (χ4n) is 6.20. The van der Waals surface area contributed by atoms with E-state index in [9.17, 15) is 30.6 Å². The SMILES string of the molecule is Nc1cc(C(Cc2ccc[n-]2)CC(Oc2cc(CCC(O)C3CC#CC(CCO)CCCCC3O)ccc2O)C(O)CO)ccn1. The highest BCUT2D eigenvalue weighted by molar-refractivity contribution is 5.42. The van der Waals surface area contributed by atoms with E-state index in [1.54, 1.807) is 30.6 Å². The van der Waals surface area contributed by atoms with Crippen molar-refractivity contribution in [3.05, 3.63) is 71.7 Å². The summed E-state index contributed by atoms with van der Waals surface area (Å²) >= 11 is 0. The number of rotatable bonds is 15. The minimum absolute atomic E-state index is 0.0960. The van der Waals surface area contributed by atoms with Crippen molar-refractivity contribution < 1.29 is 35.4 Å². The van der Waals surface area contributed by atoms with Crippen molar-refractivity contribution in [3.8, 4) is 23.3 Å². The van der Waals surface area contributed by atoms with Gasteiger partial charge in [-0.15, -0.1) is 5.92 Å². The molecule has 4 rings (SSSR count). The Morgan fingerprint density at radius 2 is 1.91 bits per heavy atom. The lowest BCUT2D eigenvalue weighted by Gasteiger charge is -2.29. The number of hydrogen-bond donors (Lipinski definition) is 7. The Kier molecular flexibility index (Phi) is 13.7. The molecule has 2 aromatic heterocycles. The van der Waals surface area contributed by atoms with Gasteiger partial charge in [-0.05, 0) is 86.3 Å². The molecule has 1 aliphatic rings. The summed E-state index contributed by atoms with van der Waals surface area (Å²) in [6, 6.07) is 12.3. The molecule has 2 heterocycles. The van der Waals surface area contributed by atoms with Crippen molar-refractivity contribution in [2.45, 2.75) is 94.5 Å². The second-order valence-electron chi connectivity index (χ2n) is 12.3. The first-order valence-electron chi connectivity index (χ1n) is 16.3. The van der Waals surface area contributed by atoms with Gasteiger partial charge in [0.15, 0.2) is 11.5 Å². The van der Waals surface area contributed by atoms with Gasteiger partial charge in [0.1, 0.15) is 18.0 Å². The first kappa shape index (κ1) is 35.3. The quantitative estimate of drug-likeness (QED) is 0.123. The van der Waals surface area contributed by atoms with Crippen molar-refractivity contribution in [3.63, 3.8) is 0 Å². The second kappa shape index (κ2) is 17.9. The highest BCUT2D eigenvalue weighted by Gasteiger charge is 2.28. The first-order chi connectivity index (χ1) is 22.3. The highest BCUT2D eigenvalue weighted by Crippen LogP contribution is 2.34. The molecule has 3 aromatic rings. The zero-order valence-corrected chi connectivity index (χ0v) is 26.3. The molecule has 1 aliphatic carbocycles. The van der Waals surface area contributed by atoms with Gasteiger partial charge in [0.05, 0.1) is 18.8 Å². The lowest BCUT2D eigenvalue weighted by atomic mass is 9.85. The number of pyridine rings is 1. The van der Waals surface area contributed by atoms with Gasteiger partial charge in [-0.1, -0.05) is 37.0 Å². The number of benzene rings is 1. The van der Waals surface area contributed by atoms with Crippen molar-refractivity contribution in [1.82, 2.24) is 9.97 Å². The van der Waals surface area contributed by atoms with Crippen LogP contribution in [0, 0.1) is 23.7 Å². The maximum Gasteiger partial charge on any atom is 0.161 e. The van der Waals surface area contributed by atoms with Crippen molar-refractivity contribution >= 4 is 5.82 Å². The molecule has 0 spiro atoms. The Labute approximate surface area is 271 Å². The first-order valence-corrected chi connectivity index (χ1v) is 16.3. The standard InChI is InChI=1S/C36H48N3O7/c37-36-22-26(14-17-39-36)27(20-28-7-4-16-38-28)21-35(33(45)23-41)46-34-19-25(11-13-32(34)44)10-12-31(43)29-8-3-6-24(15-18-40)5-1-2-9-30(29)42/h4,7,11,13-14,16-17,19,22,24,27,29-31,33,35,40-45H,1-2,5,8-10,12,15,18,20-21,23H2,(H2,37,39)/q-1. The van der Waals surface area contributed by atoms with E-state index in [1.165, 1.54) is 6.07 Å². The Hall–Kier alpha value is -3.59. The molecule has 10 heteroatoms. The molecular weight excluding hydrogens is 586 g/mol. The van der Waals surface area contributed by atoms with Crippen molar-refractivity contribution in [2.75, 3.05) is 18.9 Å². The number of nitrogens with two attached hydrogens (primary N) is 1. The number of aromatic nitrogens is 2. The van der Waals surface area contributed by atoms with Gasteiger partial charge in [-0.3, -0.25) is 0 Å². The van der Waals surface area contributed by atoms with Crippen LogP contribution in [0.25, 0.3) is 0 Å². The average molecular weight is 635 g/mol. The van der Waals surface area contributed by atoms with Gasteiger partial charge < -0.3 is 46.1 Å². The van der Waals surface area contributed by atoms with Gasteiger partial charge >= 0.3 is 0 Å². The van der Waals surface area contributed by atoms with E-state index in [1.807, 2.05) is 18.2 Å². The molecule has 1 aromatic carbocycles. The molecule has 0 fully saturated rings. The molecule has 0 saturated carbocycles. The normalized spacial score (nSPS) is 21.4. The minimum Gasteiger partial charge on any atom is -0.668 e. The number of nitrogen functional groups attached to an aromatic ring is 1. The maximum atomic E-state index is 11.1. The van der Waals surface area contributed by atoms with Crippen LogP contribution in [0.1, 0.15) is 74.1 Å². The van der Waals surface area contributed by atoms with Crippen LogP contribution in [0.4, 0.5) is 5.82 Å². The summed E-state index contributed by atoms with van der Waals surface area (Å²) < 4.78 is 6.20. The zero-order valence-electron chi connectivity index (χ0n) is 26.3. The smallest absolute Gasteiger partial charge is 0.161 e.